The van der Waals surface area contributed by atoms with Gasteiger partial charge in [0.15, 0.2) is 0 Å². The van der Waals surface area contributed by atoms with E-state index in [0.29, 0.717) is 18.9 Å². The maximum Gasteiger partial charge on any atom is 0.317 e. The van der Waals surface area contributed by atoms with Gasteiger partial charge in [0.25, 0.3) is 0 Å². The van der Waals surface area contributed by atoms with Crippen molar-refractivity contribution in [2.24, 2.45) is 5.92 Å². The van der Waals surface area contributed by atoms with E-state index >= 15 is 0 Å². The van der Waals surface area contributed by atoms with Crippen LogP contribution in [0, 0.1) is 5.92 Å². The van der Waals surface area contributed by atoms with Crippen molar-refractivity contribution in [3.63, 3.8) is 0 Å². The molecule has 1 unspecified atom stereocenters. The molecule has 0 spiro atoms. The van der Waals surface area contributed by atoms with E-state index in [9.17, 15) is 9.59 Å². The minimum absolute atomic E-state index is 0.0222. The van der Waals surface area contributed by atoms with Crippen LogP contribution in [0.4, 0.5) is 4.79 Å². The molecule has 17 heavy (non-hydrogen) atoms. The molecule has 3 atom stereocenters. The fourth-order valence-electron chi connectivity index (χ4n) is 2.83. The highest BCUT2D eigenvalue weighted by Crippen LogP contribution is 2.26. The molecule has 1 aliphatic heterocycles. The molecule has 2 N–H and O–H groups in total. The van der Waals surface area contributed by atoms with Gasteiger partial charge in [0.05, 0.1) is 5.92 Å². The minimum atomic E-state index is -0.740. The number of nitrogens with zero attached hydrogens (tertiary/aromatic N) is 1. The molecule has 5 heteroatoms. The number of carboxylic acid groups (broad SMARTS) is 1. The van der Waals surface area contributed by atoms with E-state index < -0.39 is 5.97 Å². The highest BCUT2D eigenvalue weighted by molar-refractivity contribution is 5.75. The Hall–Kier alpha value is -1.26. The SMILES string of the molecule is CC1CCCN1C(=O)N[C@H]1CC[C@@H](C(=O)O)C1. The van der Waals surface area contributed by atoms with Crippen molar-refractivity contribution >= 4 is 12.0 Å². The van der Waals surface area contributed by atoms with Crippen molar-refractivity contribution < 1.29 is 14.7 Å². The second kappa shape index (κ2) is 4.94. The average Bonchev–Trinajstić information content (AvgIpc) is 2.86. The second-order valence-corrected chi connectivity index (χ2v) is 5.18. The smallest absolute Gasteiger partial charge is 0.317 e. The highest BCUT2D eigenvalue weighted by Gasteiger charge is 2.32. The third-order valence-corrected chi connectivity index (χ3v) is 3.92. The third-order valence-electron chi connectivity index (χ3n) is 3.92. The molecular weight excluding hydrogens is 220 g/mol. The summed E-state index contributed by atoms with van der Waals surface area (Å²) in [6, 6.07) is 0.328. The van der Waals surface area contributed by atoms with Gasteiger partial charge in [-0.05, 0) is 39.0 Å². The van der Waals surface area contributed by atoms with Crippen LogP contribution in [0.1, 0.15) is 39.0 Å². The first-order chi connectivity index (χ1) is 8.08. The van der Waals surface area contributed by atoms with Gasteiger partial charge in [0.2, 0.25) is 0 Å². The van der Waals surface area contributed by atoms with Gasteiger partial charge in [-0.1, -0.05) is 0 Å². The van der Waals surface area contributed by atoms with E-state index in [-0.39, 0.29) is 18.0 Å². The summed E-state index contributed by atoms with van der Waals surface area (Å²) < 4.78 is 0. The normalized spacial score (nSPS) is 32.8. The number of hydrogen-bond donors (Lipinski definition) is 2. The third kappa shape index (κ3) is 2.70. The van der Waals surface area contributed by atoms with E-state index in [2.05, 4.69) is 12.2 Å². The predicted octanol–water partition coefficient (Wildman–Crippen LogP) is 1.43. The Balaban J connectivity index is 1.82. The van der Waals surface area contributed by atoms with Crippen molar-refractivity contribution in [2.75, 3.05) is 6.54 Å². The van der Waals surface area contributed by atoms with Crippen LogP contribution in [0.5, 0.6) is 0 Å². The lowest BCUT2D eigenvalue weighted by Gasteiger charge is -2.24. The molecule has 2 rings (SSSR count). The molecule has 2 amide bonds. The fraction of sp³-hybridized carbons (Fsp3) is 0.833. The largest absolute Gasteiger partial charge is 0.481 e. The summed E-state index contributed by atoms with van der Waals surface area (Å²) in [5.74, 6) is -1.02. The zero-order valence-corrected chi connectivity index (χ0v) is 10.2. The van der Waals surface area contributed by atoms with Crippen LogP contribution < -0.4 is 5.32 Å². The molecule has 1 heterocycles. The molecule has 0 radical (unpaired) electrons. The molecule has 2 fully saturated rings. The number of rotatable bonds is 2. The Morgan fingerprint density at radius 3 is 2.59 bits per heavy atom. The van der Waals surface area contributed by atoms with Crippen LogP contribution in [0.3, 0.4) is 0 Å². The predicted molar refractivity (Wildman–Crippen MR) is 62.7 cm³/mol. The van der Waals surface area contributed by atoms with E-state index in [4.69, 9.17) is 5.11 Å². The lowest BCUT2D eigenvalue weighted by molar-refractivity contribution is -0.141. The molecule has 0 aromatic heterocycles. The van der Waals surface area contributed by atoms with Gasteiger partial charge in [-0.3, -0.25) is 4.79 Å². The number of nitrogens with one attached hydrogen (secondary N) is 1. The quantitative estimate of drug-likeness (QED) is 0.767. The summed E-state index contributed by atoms with van der Waals surface area (Å²) in [5, 5.41) is 11.9. The van der Waals surface area contributed by atoms with Gasteiger partial charge in [-0.2, -0.15) is 0 Å². The van der Waals surface area contributed by atoms with Crippen molar-refractivity contribution in [1.29, 1.82) is 0 Å². The number of amides is 2. The molecular formula is C12H20N2O3. The lowest BCUT2D eigenvalue weighted by atomic mass is 10.1. The van der Waals surface area contributed by atoms with Crippen LogP contribution in [0.2, 0.25) is 0 Å². The first-order valence-corrected chi connectivity index (χ1v) is 6.38. The maximum atomic E-state index is 12.0. The summed E-state index contributed by atoms with van der Waals surface area (Å²) in [6.45, 7) is 2.88. The molecule has 1 aliphatic carbocycles. The van der Waals surface area contributed by atoms with Crippen LogP contribution in [0.25, 0.3) is 0 Å². The molecule has 0 aromatic carbocycles. The first-order valence-electron chi connectivity index (χ1n) is 6.38. The van der Waals surface area contributed by atoms with Gasteiger partial charge in [-0.25, -0.2) is 4.79 Å². The zero-order valence-electron chi connectivity index (χ0n) is 10.2. The summed E-state index contributed by atoms with van der Waals surface area (Å²) in [4.78, 5) is 24.6. The van der Waals surface area contributed by atoms with Gasteiger partial charge >= 0.3 is 12.0 Å². The molecule has 96 valence electrons. The molecule has 2 aliphatic rings. The Kier molecular flexibility index (Phi) is 3.54. The minimum Gasteiger partial charge on any atom is -0.481 e. The standard InChI is InChI=1S/C12H20N2O3/c1-8-3-2-6-14(8)12(17)13-10-5-4-9(7-10)11(15)16/h8-10H,2-7H2,1H3,(H,13,17)(H,15,16)/t8?,9-,10+/m1/s1. The fourth-order valence-corrected chi connectivity index (χ4v) is 2.83. The number of carbonyl (C=O) groups is 2. The van der Waals surface area contributed by atoms with E-state index in [1.165, 1.54) is 0 Å². The number of likely N-dealkylation sites (tertiary alicyclic amines) is 1. The van der Waals surface area contributed by atoms with Crippen molar-refractivity contribution in [3.8, 4) is 0 Å². The van der Waals surface area contributed by atoms with Crippen molar-refractivity contribution in [1.82, 2.24) is 10.2 Å². The van der Waals surface area contributed by atoms with Gasteiger partial charge in [0, 0.05) is 18.6 Å². The molecule has 1 saturated carbocycles. The van der Waals surface area contributed by atoms with Crippen LogP contribution in [-0.4, -0.2) is 40.6 Å². The van der Waals surface area contributed by atoms with Crippen LogP contribution in [-0.2, 0) is 4.79 Å². The van der Waals surface area contributed by atoms with Crippen molar-refractivity contribution in [3.05, 3.63) is 0 Å². The molecule has 0 bridgehead atoms. The molecule has 0 aromatic rings. The Bertz CT molecular complexity index is 319. The summed E-state index contributed by atoms with van der Waals surface area (Å²) in [6.07, 6.45) is 4.16. The van der Waals surface area contributed by atoms with E-state index in [0.717, 1.165) is 25.8 Å². The van der Waals surface area contributed by atoms with Gasteiger partial charge < -0.3 is 15.3 Å². The van der Waals surface area contributed by atoms with E-state index in [1.807, 2.05) is 4.90 Å². The lowest BCUT2D eigenvalue weighted by Crippen LogP contribution is -2.45. The Labute approximate surface area is 101 Å². The van der Waals surface area contributed by atoms with Crippen LogP contribution in [0.15, 0.2) is 0 Å². The van der Waals surface area contributed by atoms with Gasteiger partial charge in [-0.15, -0.1) is 0 Å². The zero-order chi connectivity index (χ0) is 12.4. The maximum absolute atomic E-state index is 12.0. The number of urea groups is 1. The second-order valence-electron chi connectivity index (χ2n) is 5.18. The number of aliphatic carboxylic acids is 1. The summed E-state index contributed by atoms with van der Waals surface area (Å²) in [7, 11) is 0. The van der Waals surface area contributed by atoms with Crippen LogP contribution >= 0.6 is 0 Å². The molecule has 1 saturated heterocycles. The summed E-state index contributed by atoms with van der Waals surface area (Å²) >= 11 is 0. The Morgan fingerprint density at radius 2 is 2.06 bits per heavy atom. The monoisotopic (exact) mass is 240 g/mol. The van der Waals surface area contributed by atoms with Crippen molar-refractivity contribution in [2.45, 2.75) is 51.1 Å². The molecule has 5 nitrogen and oxygen atoms in total. The highest BCUT2D eigenvalue weighted by atomic mass is 16.4. The topological polar surface area (TPSA) is 69.6 Å². The van der Waals surface area contributed by atoms with Gasteiger partial charge in [0.1, 0.15) is 0 Å². The summed E-state index contributed by atoms with van der Waals surface area (Å²) in [5.41, 5.74) is 0. The first kappa shape index (κ1) is 12.2. The van der Waals surface area contributed by atoms with E-state index in [1.54, 1.807) is 0 Å². The average molecular weight is 240 g/mol. The Morgan fingerprint density at radius 1 is 1.29 bits per heavy atom. The number of carboxylic acids is 1. The number of carbonyl (C=O) groups excluding carboxylic acids is 1. The number of hydrogen-bond acceptors (Lipinski definition) is 2.